The van der Waals surface area contributed by atoms with Crippen molar-refractivity contribution in [2.75, 3.05) is 25.1 Å². The monoisotopic (exact) mass is 537 g/mol. The predicted molar refractivity (Wildman–Crippen MR) is 125 cm³/mol. The number of ether oxygens (including phenoxy) is 2. The van der Waals surface area contributed by atoms with E-state index in [0.29, 0.717) is 5.75 Å². The van der Waals surface area contributed by atoms with Crippen molar-refractivity contribution in [2.24, 2.45) is 5.41 Å². The lowest BCUT2D eigenvalue weighted by Crippen LogP contribution is -2.43. The van der Waals surface area contributed by atoms with Crippen LogP contribution in [0.15, 0.2) is 30.3 Å². The van der Waals surface area contributed by atoms with E-state index in [2.05, 4.69) is 5.32 Å². The summed E-state index contributed by atoms with van der Waals surface area (Å²) in [6.45, 7) is 4.92. The van der Waals surface area contributed by atoms with Crippen LogP contribution in [0, 0.1) is 5.41 Å². The fourth-order valence-corrected chi connectivity index (χ4v) is 4.35. The summed E-state index contributed by atoms with van der Waals surface area (Å²) in [5.41, 5.74) is -1.37. The molecular weight excluding hydrogens is 505 g/mol. The second-order valence-corrected chi connectivity index (χ2v) is 11.3. The quantitative estimate of drug-likeness (QED) is 0.108. The van der Waals surface area contributed by atoms with E-state index in [1.165, 1.54) is 27.7 Å². The van der Waals surface area contributed by atoms with Crippen LogP contribution in [0.3, 0.4) is 0 Å². The van der Waals surface area contributed by atoms with E-state index < -0.39 is 60.7 Å². The van der Waals surface area contributed by atoms with E-state index in [1.807, 2.05) is 0 Å². The second-order valence-electron chi connectivity index (χ2n) is 8.21. The van der Waals surface area contributed by atoms with E-state index in [0.717, 1.165) is 0 Å². The topological polar surface area (TPSA) is 172 Å². The van der Waals surface area contributed by atoms with E-state index in [1.54, 1.807) is 30.3 Å². The van der Waals surface area contributed by atoms with Gasteiger partial charge in [-0.3, -0.25) is 18.3 Å². The number of carbonyl (C=O) groups excluding carboxylic acids is 3. The SMILES string of the molecule is CC(=O)NCCCS(=O)(=O)OCC(C)(C)[C@@H](O)C(=O)OC(C)OC(=O)C[PH](=O)Oc1ccccc1. The van der Waals surface area contributed by atoms with E-state index >= 15 is 0 Å². The van der Waals surface area contributed by atoms with Gasteiger partial charge < -0.3 is 24.4 Å². The number of aliphatic hydroxyl groups excluding tert-OH is 1. The van der Waals surface area contributed by atoms with Gasteiger partial charge in [0.05, 0.1) is 12.4 Å². The minimum atomic E-state index is -3.97. The number of rotatable bonds is 15. The van der Waals surface area contributed by atoms with Crippen LogP contribution in [0.4, 0.5) is 0 Å². The summed E-state index contributed by atoms with van der Waals surface area (Å²) in [5, 5.41) is 12.8. The van der Waals surface area contributed by atoms with Crippen molar-refractivity contribution < 1.29 is 50.7 Å². The van der Waals surface area contributed by atoms with Crippen LogP contribution in [0.25, 0.3) is 0 Å². The third-order valence-corrected chi connectivity index (χ3v) is 6.67. The molecule has 3 atom stereocenters. The standard InChI is InChI=1S/C21H32NO11PS/c1-15(23)22-11-8-12-35(28,29)30-14-21(3,4)19(25)20(26)32-16(2)31-18(24)13-34(27)33-17-9-6-5-7-10-17/h5-7,9-10,16,19,25,34H,8,11-14H2,1-4H3,(H,22,23)/t16?,19-/m0/s1. The molecule has 0 fully saturated rings. The van der Waals surface area contributed by atoms with Crippen LogP contribution in [0.5, 0.6) is 5.75 Å². The first-order valence-corrected chi connectivity index (χ1v) is 13.8. The number of amides is 1. The summed E-state index contributed by atoms with van der Waals surface area (Å²) in [4.78, 5) is 35.0. The van der Waals surface area contributed by atoms with E-state index in [-0.39, 0.29) is 24.6 Å². The summed E-state index contributed by atoms with van der Waals surface area (Å²) >= 11 is 0. The molecule has 0 aliphatic carbocycles. The molecule has 2 unspecified atom stereocenters. The Morgan fingerprint density at radius 1 is 1.14 bits per heavy atom. The van der Waals surface area contributed by atoms with Gasteiger partial charge in [-0.05, 0) is 18.6 Å². The number of para-hydroxylation sites is 1. The fraction of sp³-hybridized carbons (Fsp3) is 0.571. The Morgan fingerprint density at radius 2 is 1.77 bits per heavy atom. The van der Waals surface area contributed by atoms with E-state index in [4.69, 9.17) is 18.2 Å². The highest BCUT2D eigenvalue weighted by Crippen LogP contribution is 2.27. The number of carbonyl (C=O) groups is 3. The molecule has 0 radical (unpaired) electrons. The third kappa shape index (κ3) is 12.7. The van der Waals surface area contributed by atoms with Crippen molar-refractivity contribution in [1.82, 2.24) is 5.32 Å². The second kappa shape index (κ2) is 14.2. The third-order valence-electron chi connectivity index (χ3n) is 4.36. The molecule has 0 aliphatic heterocycles. The first-order valence-electron chi connectivity index (χ1n) is 10.7. The largest absolute Gasteiger partial charge is 0.444 e. The number of hydrogen-bond donors (Lipinski definition) is 2. The smallest absolute Gasteiger partial charge is 0.338 e. The van der Waals surface area contributed by atoms with Crippen LogP contribution in [-0.2, 0) is 42.7 Å². The molecule has 1 aromatic carbocycles. The van der Waals surface area contributed by atoms with Crippen molar-refractivity contribution in [3.63, 3.8) is 0 Å². The first kappa shape index (κ1) is 30.6. The van der Waals surface area contributed by atoms with Crippen LogP contribution < -0.4 is 9.84 Å². The summed E-state index contributed by atoms with van der Waals surface area (Å²) in [7, 11) is -6.76. The lowest BCUT2D eigenvalue weighted by atomic mass is 9.88. The Balaban J connectivity index is 2.47. The first-order chi connectivity index (χ1) is 16.2. The molecule has 2 N–H and O–H groups in total. The van der Waals surface area contributed by atoms with Gasteiger partial charge in [0, 0.05) is 25.8 Å². The summed E-state index contributed by atoms with van der Waals surface area (Å²) in [6, 6.07) is 8.23. The summed E-state index contributed by atoms with van der Waals surface area (Å²) < 4.78 is 55.8. The van der Waals surface area contributed by atoms with Crippen molar-refractivity contribution in [2.45, 2.75) is 46.5 Å². The zero-order chi connectivity index (χ0) is 26.6. The fourth-order valence-electron chi connectivity index (χ4n) is 2.46. The predicted octanol–water partition coefficient (Wildman–Crippen LogP) is 1.23. The van der Waals surface area contributed by atoms with Gasteiger partial charge in [0.2, 0.25) is 20.2 Å². The molecule has 35 heavy (non-hydrogen) atoms. The molecule has 0 spiro atoms. The Hall–Kier alpha value is -2.47. The van der Waals surface area contributed by atoms with Crippen LogP contribution in [0.2, 0.25) is 0 Å². The zero-order valence-corrected chi connectivity index (χ0v) is 21.8. The Bertz CT molecular complexity index is 982. The molecule has 0 saturated heterocycles. The molecule has 0 saturated carbocycles. The molecule has 12 nitrogen and oxygen atoms in total. The molecule has 1 amide bonds. The molecule has 1 aromatic rings. The molecule has 0 bridgehead atoms. The normalized spacial score (nSPS) is 14.3. The molecule has 14 heteroatoms. The van der Waals surface area contributed by atoms with Crippen molar-refractivity contribution in [3.05, 3.63) is 30.3 Å². The minimum Gasteiger partial charge on any atom is -0.444 e. The van der Waals surface area contributed by atoms with Gasteiger partial charge in [0.25, 0.3) is 10.1 Å². The maximum Gasteiger partial charge on any atom is 0.338 e. The lowest BCUT2D eigenvalue weighted by molar-refractivity contribution is -0.193. The Kier molecular flexibility index (Phi) is 12.4. The number of aliphatic hydroxyl groups is 1. The highest BCUT2D eigenvalue weighted by molar-refractivity contribution is 7.86. The van der Waals surface area contributed by atoms with Gasteiger partial charge in [-0.15, -0.1) is 0 Å². The Morgan fingerprint density at radius 3 is 2.37 bits per heavy atom. The minimum absolute atomic E-state index is 0.124. The van der Waals surface area contributed by atoms with Crippen LogP contribution in [-0.4, -0.2) is 68.8 Å². The number of esters is 2. The Labute approximate surface area is 205 Å². The van der Waals surface area contributed by atoms with Gasteiger partial charge in [-0.1, -0.05) is 32.0 Å². The maximum atomic E-state index is 12.3. The number of nitrogens with one attached hydrogen (secondary N) is 1. The molecular formula is C21H32NO11PS. The summed E-state index contributed by atoms with van der Waals surface area (Å²) in [5.74, 6) is -2.44. The average Bonchev–Trinajstić information content (AvgIpc) is 2.75. The van der Waals surface area contributed by atoms with Gasteiger partial charge in [0.1, 0.15) is 11.9 Å². The molecule has 0 aliphatic rings. The molecule has 198 valence electrons. The van der Waals surface area contributed by atoms with Crippen molar-refractivity contribution in [3.8, 4) is 5.75 Å². The van der Waals surface area contributed by atoms with Crippen molar-refractivity contribution in [1.29, 1.82) is 0 Å². The van der Waals surface area contributed by atoms with Gasteiger partial charge >= 0.3 is 11.9 Å². The molecule has 0 aromatic heterocycles. The average molecular weight is 538 g/mol. The zero-order valence-electron chi connectivity index (χ0n) is 20.0. The maximum absolute atomic E-state index is 12.3. The number of hydrogen-bond acceptors (Lipinski definition) is 11. The van der Waals surface area contributed by atoms with Crippen LogP contribution in [0.1, 0.15) is 34.1 Å². The van der Waals surface area contributed by atoms with Crippen LogP contribution >= 0.6 is 8.03 Å². The lowest BCUT2D eigenvalue weighted by Gasteiger charge is -2.29. The van der Waals surface area contributed by atoms with Gasteiger partial charge in [-0.2, -0.15) is 8.42 Å². The van der Waals surface area contributed by atoms with Crippen molar-refractivity contribution >= 4 is 36.0 Å². The highest BCUT2D eigenvalue weighted by Gasteiger charge is 2.37. The molecule has 1 rings (SSSR count). The number of benzene rings is 1. The van der Waals surface area contributed by atoms with Gasteiger partial charge in [-0.25, -0.2) is 4.79 Å². The van der Waals surface area contributed by atoms with Gasteiger partial charge in [0.15, 0.2) is 6.10 Å². The highest BCUT2D eigenvalue weighted by atomic mass is 32.2. The summed E-state index contributed by atoms with van der Waals surface area (Å²) in [6.07, 6.45) is -3.65. The molecule has 0 heterocycles. The van der Waals surface area contributed by atoms with E-state index in [9.17, 15) is 32.5 Å².